The number of nitrogens with one attached hydrogen (secondary N) is 2. The summed E-state index contributed by atoms with van der Waals surface area (Å²) in [5.41, 5.74) is 4.39. The normalized spacial score (nSPS) is 10.7. The number of aromatic amines is 1. The van der Waals surface area contributed by atoms with E-state index in [0.29, 0.717) is 12.1 Å². The van der Waals surface area contributed by atoms with Crippen LogP contribution in [0, 0.1) is 13.8 Å². The fourth-order valence-corrected chi connectivity index (χ4v) is 3.06. The number of likely N-dealkylation sites (N-methyl/N-ethyl adjacent to an activating group) is 1. The van der Waals surface area contributed by atoms with Gasteiger partial charge in [-0.25, -0.2) is 0 Å². The summed E-state index contributed by atoms with van der Waals surface area (Å²) in [6.07, 6.45) is 1.84. The Balaban J connectivity index is 1.73. The minimum Gasteiger partial charge on any atom is -0.361 e. The smallest absolute Gasteiger partial charge is 0.254 e. The summed E-state index contributed by atoms with van der Waals surface area (Å²) in [5, 5.41) is 3.92. The number of carbonyl (C=O) groups excluding carboxylic acids is 2. The van der Waals surface area contributed by atoms with Crippen molar-refractivity contribution >= 4 is 28.4 Å². The predicted molar refractivity (Wildman–Crippen MR) is 104 cm³/mol. The molecule has 3 aromatic rings. The maximum Gasteiger partial charge on any atom is 0.254 e. The molecule has 0 spiro atoms. The van der Waals surface area contributed by atoms with Gasteiger partial charge in [0.25, 0.3) is 5.91 Å². The van der Waals surface area contributed by atoms with Crippen LogP contribution in [-0.4, -0.2) is 34.8 Å². The van der Waals surface area contributed by atoms with Crippen molar-refractivity contribution in [2.75, 3.05) is 18.4 Å². The minimum atomic E-state index is -0.194. The van der Waals surface area contributed by atoms with Crippen molar-refractivity contribution in [1.29, 1.82) is 0 Å². The number of amides is 2. The molecule has 0 atom stereocenters. The van der Waals surface area contributed by atoms with Crippen LogP contribution < -0.4 is 5.32 Å². The van der Waals surface area contributed by atoms with Crippen molar-refractivity contribution in [2.45, 2.75) is 20.8 Å². The number of anilines is 1. The standard InChI is InChI=1S/C21H23N3O2/c1-4-24(13-19(25)23-20-14(2)6-5-7-15(20)3)21(26)17-8-9-18-16(12-17)10-11-22-18/h5-12,22H,4,13H2,1-3H3,(H,23,25). The molecule has 1 aromatic heterocycles. The highest BCUT2D eigenvalue weighted by Gasteiger charge is 2.18. The van der Waals surface area contributed by atoms with Gasteiger partial charge < -0.3 is 15.2 Å². The molecule has 0 aliphatic heterocycles. The monoisotopic (exact) mass is 349 g/mol. The molecule has 1 heterocycles. The highest BCUT2D eigenvalue weighted by molar-refractivity contribution is 6.01. The van der Waals surface area contributed by atoms with E-state index in [4.69, 9.17) is 0 Å². The maximum atomic E-state index is 12.8. The molecular weight excluding hydrogens is 326 g/mol. The van der Waals surface area contributed by atoms with Crippen molar-refractivity contribution in [3.63, 3.8) is 0 Å². The van der Waals surface area contributed by atoms with Gasteiger partial charge >= 0.3 is 0 Å². The first-order valence-electron chi connectivity index (χ1n) is 8.72. The van der Waals surface area contributed by atoms with E-state index in [2.05, 4.69) is 10.3 Å². The molecule has 2 N–H and O–H groups in total. The zero-order chi connectivity index (χ0) is 18.7. The third kappa shape index (κ3) is 3.61. The molecule has 0 aliphatic carbocycles. The summed E-state index contributed by atoms with van der Waals surface area (Å²) in [4.78, 5) is 29.9. The van der Waals surface area contributed by atoms with Crippen LogP contribution in [0.1, 0.15) is 28.4 Å². The fourth-order valence-electron chi connectivity index (χ4n) is 3.06. The average Bonchev–Trinajstić information content (AvgIpc) is 3.10. The van der Waals surface area contributed by atoms with Gasteiger partial charge in [-0.15, -0.1) is 0 Å². The van der Waals surface area contributed by atoms with Crippen LogP contribution in [0.15, 0.2) is 48.7 Å². The van der Waals surface area contributed by atoms with Crippen LogP contribution in [0.4, 0.5) is 5.69 Å². The number of hydrogen-bond donors (Lipinski definition) is 2. The number of benzene rings is 2. The summed E-state index contributed by atoms with van der Waals surface area (Å²) < 4.78 is 0. The number of H-pyrrole nitrogens is 1. The molecular formula is C21H23N3O2. The number of para-hydroxylation sites is 1. The third-order valence-corrected chi connectivity index (χ3v) is 4.55. The molecule has 0 aliphatic rings. The van der Waals surface area contributed by atoms with Gasteiger partial charge in [0.1, 0.15) is 6.54 Å². The summed E-state index contributed by atoms with van der Waals surface area (Å²) in [6.45, 7) is 6.27. The van der Waals surface area contributed by atoms with E-state index in [1.54, 1.807) is 11.0 Å². The van der Waals surface area contributed by atoms with Crippen molar-refractivity contribution in [2.24, 2.45) is 0 Å². The van der Waals surface area contributed by atoms with Crippen LogP contribution >= 0.6 is 0 Å². The Kier molecular flexibility index (Phi) is 5.07. The minimum absolute atomic E-state index is 0.0221. The largest absolute Gasteiger partial charge is 0.361 e. The molecule has 2 aromatic carbocycles. The van der Waals surface area contributed by atoms with E-state index in [-0.39, 0.29) is 18.4 Å². The lowest BCUT2D eigenvalue weighted by Gasteiger charge is -2.21. The Morgan fingerprint density at radius 3 is 2.50 bits per heavy atom. The summed E-state index contributed by atoms with van der Waals surface area (Å²) in [6, 6.07) is 13.3. The van der Waals surface area contributed by atoms with Gasteiger partial charge in [-0.05, 0) is 56.2 Å². The van der Waals surface area contributed by atoms with Gasteiger partial charge in [-0.1, -0.05) is 18.2 Å². The Labute approximate surface area is 153 Å². The van der Waals surface area contributed by atoms with E-state index in [1.807, 2.05) is 63.4 Å². The molecule has 0 saturated heterocycles. The first-order valence-corrected chi connectivity index (χ1v) is 8.72. The van der Waals surface area contributed by atoms with Crippen molar-refractivity contribution in [3.8, 4) is 0 Å². The first kappa shape index (κ1) is 17.7. The lowest BCUT2D eigenvalue weighted by atomic mass is 10.1. The Hall–Kier alpha value is -3.08. The zero-order valence-corrected chi connectivity index (χ0v) is 15.3. The number of aromatic nitrogens is 1. The Bertz CT molecular complexity index is 939. The van der Waals surface area contributed by atoms with Gasteiger partial charge in [-0.3, -0.25) is 9.59 Å². The van der Waals surface area contributed by atoms with Crippen LogP contribution in [-0.2, 0) is 4.79 Å². The lowest BCUT2D eigenvalue weighted by Crippen LogP contribution is -2.38. The number of nitrogens with zero attached hydrogens (tertiary/aromatic N) is 1. The van der Waals surface area contributed by atoms with E-state index in [1.165, 1.54) is 0 Å². The first-order chi connectivity index (χ1) is 12.5. The van der Waals surface area contributed by atoms with Crippen LogP contribution in [0.5, 0.6) is 0 Å². The third-order valence-electron chi connectivity index (χ3n) is 4.55. The molecule has 5 heteroatoms. The van der Waals surface area contributed by atoms with Crippen molar-refractivity contribution < 1.29 is 9.59 Å². The molecule has 0 bridgehead atoms. The second-order valence-corrected chi connectivity index (χ2v) is 6.41. The second-order valence-electron chi connectivity index (χ2n) is 6.41. The Morgan fingerprint density at radius 2 is 1.81 bits per heavy atom. The number of hydrogen-bond acceptors (Lipinski definition) is 2. The summed E-state index contributed by atoms with van der Waals surface area (Å²) in [5.74, 6) is -0.340. The fraction of sp³-hybridized carbons (Fsp3) is 0.238. The second kappa shape index (κ2) is 7.44. The van der Waals surface area contributed by atoms with Crippen molar-refractivity contribution in [3.05, 3.63) is 65.4 Å². The van der Waals surface area contributed by atoms with Gasteiger partial charge in [0, 0.05) is 34.9 Å². The lowest BCUT2D eigenvalue weighted by molar-refractivity contribution is -0.116. The molecule has 5 nitrogen and oxygen atoms in total. The molecule has 2 amide bonds. The molecule has 26 heavy (non-hydrogen) atoms. The van der Waals surface area contributed by atoms with Crippen molar-refractivity contribution in [1.82, 2.24) is 9.88 Å². The van der Waals surface area contributed by atoms with E-state index in [9.17, 15) is 9.59 Å². The highest BCUT2D eigenvalue weighted by Crippen LogP contribution is 2.20. The van der Waals surface area contributed by atoms with Crippen LogP contribution in [0.2, 0.25) is 0 Å². The maximum absolute atomic E-state index is 12.8. The van der Waals surface area contributed by atoms with E-state index < -0.39 is 0 Å². The molecule has 134 valence electrons. The molecule has 0 fully saturated rings. The molecule has 0 radical (unpaired) electrons. The average molecular weight is 349 g/mol. The van der Waals surface area contributed by atoms with Crippen LogP contribution in [0.25, 0.3) is 10.9 Å². The van der Waals surface area contributed by atoms with Crippen LogP contribution in [0.3, 0.4) is 0 Å². The number of rotatable bonds is 5. The summed E-state index contributed by atoms with van der Waals surface area (Å²) in [7, 11) is 0. The number of carbonyl (C=O) groups is 2. The van der Waals surface area contributed by atoms with E-state index in [0.717, 1.165) is 27.7 Å². The van der Waals surface area contributed by atoms with Gasteiger partial charge in [0.15, 0.2) is 0 Å². The van der Waals surface area contributed by atoms with E-state index >= 15 is 0 Å². The summed E-state index contributed by atoms with van der Waals surface area (Å²) >= 11 is 0. The van der Waals surface area contributed by atoms with Gasteiger partial charge in [0.2, 0.25) is 5.91 Å². The highest BCUT2D eigenvalue weighted by atomic mass is 16.2. The topological polar surface area (TPSA) is 65.2 Å². The quantitative estimate of drug-likeness (QED) is 0.734. The Morgan fingerprint density at radius 1 is 1.08 bits per heavy atom. The number of aryl methyl sites for hydroxylation is 2. The molecule has 0 unspecified atom stereocenters. The SMILES string of the molecule is CCN(CC(=O)Nc1c(C)cccc1C)C(=O)c1ccc2[nH]ccc2c1. The zero-order valence-electron chi connectivity index (χ0n) is 15.3. The van der Waals surface area contributed by atoms with Gasteiger partial charge in [0.05, 0.1) is 0 Å². The van der Waals surface area contributed by atoms with Gasteiger partial charge in [-0.2, -0.15) is 0 Å². The number of fused-ring (bicyclic) bond motifs is 1. The predicted octanol–water partition coefficient (Wildman–Crippen LogP) is 3.89. The molecule has 3 rings (SSSR count). The molecule has 0 saturated carbocycles.